The molecule has 2 rings (SSSR count). The first-order valence-electron chi connectivity index (χ1n) is 9.46. The van der Waals surface area contributed by atoms with E-state index in [1.54, 1.807) is 48.5 Å². The fourth-order valence-electron chi connectivity index (χ4n) is 2.43. The second-order valence-corrected chi connectivity index (χ2v) is 6.66. The molecule has 0 bridgehead atoms. The van der Waals surface area contributed by atoms with Crippen molar-refractivity contribution in [3.63, 3.8) is 0 Å². The molecule has 0 saturated carbocycles. The lowest BCUT2D eigenvalue weighted by Gasteiger charge is -2.30. The van der Waals surface area contributed by atoms with Crippen LogP contribution in [-0.2, 0) is 19.0 Å². The van der Waals surface area contributed by atoms with Crippen LogP contribution in [0.4, 0.5) is 0 Å². The Labute approximate surface area is 179 Å². The van der Waals surface area contributed by atoms with E-state index < -0.39 is 42.8 Å². The second kappa shape index (κ2) is 11.6. The summed E-state index contributed by atoms with van der Waals surface area (Å²) in [6.07, 6.45) is 0.910. The van der Waals surface area contributed by atoms with Crippen molar-refractivity contribution in [2.45, 2.75) is 18.6 Å². The van der Waals surface area contributed by atoms with Gasteiger partial charge in [-0.05, 0) is 30.3 Å². The average molecular weight is 428 g/mol. The molecule has 0 aromatic heterocycles. The van der Waals surface area contributed by atoms with Crippen LogP contribution >= 0.6 is 0 Å². The monoisotopic (exact) mass is 428 g/mol. The summed E-state index contributed by atoms with van der Waals surface area (Å²) in [6, 6.07) is 16.4. The molecule has 0 fully saturated rings. The van der Waals surface area contributed by atoms with Crippen LogP contribution in [0.5, 0.6) is 0 Å². The number of rotatable bonds is 10. The Morgan fingerprint density at radius 1 is 0.871 bits per heavy atom. The van der Waals surface area contributed by atoms with Gasteiger partial charge in [0.2, 0.25) is 0 Å². The molecule has 2 aromatic rings. The lowest BCUT2D eigenvalue weighted by atomic mass is 9.98. The summed E-state index contributed by atoms with van der Waals surface area (Å²) >= 11 is 0. The Balaban J connectivity index is 1.96. The van der Waals surface area contributed by atoms with Crippen LogP contribution in [0.3, 0.4) is 0 Å². The molecule has 2 aromatic carbocycles. The number of carbonyl (C=O) groups is 3. The van der Waals surface area contributed by atoms with Crippen molar-refractivity contribution in [2.75, 3.05) is 19.8 Å². The smallest absolute Gasteiger partial charge is 0.338 e. The van der Waals surface area contributed by atoms with Gasteiger partial charge < -0.3 is 24.4 Å². The summed E-state index contributed by atoms with van der Waals surface area (Å²) < 4.78 is 15.0. The zero-order valence-corrected chi connectivity index (χ0v) is 17.0. The van der Waals surface area contributed by atoms with Gasteiger partial charge in [-0.1, -0.05) is 42.5 Å². The number of hydrogen-bond donors (Lipinski definition) is 2. The Morgan fingerprint density at radius 2 is 1.35 bits per heavy atom. The fraction of sp³-hybridized carbons (Fsp3) is 0.261. The fourth-order valence-corrected chi connectivity index (χ4v) is 2.43. The molecule has 164 valence electrons. The molecule has 2 unspecified atom stereocenters. The van der Waals surface area contributed by atoms with Crippen molar-refractivity contribution in [3.8, 4) is 0 Å². The molecule has 0 saturated heterocycles. The van der Waals surface area contributed by atoms with Crippen LogP contribution in [-0.4, -0.2) is 59.6 Å². The van der Waals surface area contributed by atoms with Gasteiger partial charge in [0, 0.05) is 6.92 Å². The largest absolute Gasteiger partial charge is 0.463 e. The van der Waals surface area contributed by atoms with Gasteiger partial charge in [0.15, 0.2) is 5.60 Å². The molecule has 0 heterocycles. The van der Waals surface area contributed by atoms with E-state index in [1.807, 2.05) is 0 Å². The van der Waals surface area contributed by atoms with Crippen molar-refractivity contribution >= 4 is 17.9 Å². The van der Waals surface area contributed by atoms with Crippen LogP contribution in [0.2, 0.25) is 0 Å². The first kappa shape index (κ1) is 23.8. The highest BCUT2D eigenvalue weighted by Crippen LogP contribution is 2.16. The van der Waals surface area contributed by atoms with Crippen molar-refractivity contribution in [2.24, 2.45) is 0 Å². The highest BCUT2D eigenvalue weighted by molar-refractivity contribution is 5.89. The number of ether oxygens (including phenoxy) is 3. The quantitative estimate of drug-likeness (QED) is 0.335. The number of carbonyl (C=O) groups excluding carboxylic acids is 3. The molecule has 0 aliphatic heterocycles. The van der Waals surface area contributed by atoms with Crippen LogP contribution in [0.1, 0.15) is 27.6 Å². The molecule has 31 heavy (non-hydrogen) atoms. The van der Waals surface area contributed by atoms with E-state index in [2.05, 4.69) is 0 Å². The van der Waals surface area contributed by atoms with Gasteiger partial charge in [0.05, 0.1) is 11.1 Å². The van der Waals surface area contributed by atoms with Gasteiger partial charge >= 0.3 is 17.9 Å². The lowest BCUT2D eigenvalue weighted by Crippen LogP contribution is -2.50. The third-order valence-electron chi connectivity index (χ3n) is 4.18. The molecular formula is C23H24O8. The second-order valence-electron chi connectivity index (χ2n) is 6.66. The van der Waals surface area contributed by atoms with Gasteiger partial charge in [0.1, 0.15) is 25.9 Å². The summed E-state index contributed by atoms with van der Waals surface area (Å²) in [4.78, 5) is 35.2. The number of esters is 3. The molecule has 8 nitrogen and oxygen atoms in total. The van der Waals surface area contributed by atoms with Gasteiger partial charge in [-0.2, -0.15) is 0 Å². The van der Waals surface area contributed by atoms with Crippen molar-refractivity contribution < 1.29 is 38.8 Å². The zero-order valence-electron chi connectivity index (χ0n) is 17.0. The van der Waals surface area contributed by atoms with Crippen LogP contribution in [0.25, 0.3) is 0 Å². The van der Waals surface area contributed by atoms with E-state index in [0.717, 1.165) is 13.0 Å². The molecule has 0 spiro atoms. The Bertz CT molecular complexity index is 894. The third kappa shape index (κ3) is 7.69. The summed E-state index contributed by atoms with van der Waals surface area (Å²) in [5.41, 5.74) is -1.47. The predicted molar refractivity (Wildman–Crippen MR) is 110 cm³/mol. The SMILES string of the molecule is CC(=O)OCC(O)(COC(=O)c1ccccc1)C(O)C=CCOC(=O)c1ccccc1. The van der Waals surface area contributed by atoms with Crippen LogP contribution < -0.4 is 0 Å². The highest BCUT2D eigenvalue weighted by atomic mass is 16.6. The van der Waals surface area contributed by atoms with Gasteiger partial charge in [-0.3, -0.25) is 4.79 Å². The average Bonchev–Trinajstić information content (AvgIpc) is 2.79. The van der Waals surface area contributed by atoms with E-state index in [1.165, 1.54) is 18.2 Å². The van der Waals surface area contributed by atoms with Crippen molar-refractivity contribution in [3.05, 3.63) is 83.9 Å². The molecule has 8 heteroatoms. The Hall–Kier alpha value is -3.49. The minimum absolute atomic E-state index is 0.168. The maximum atomic E-state index is 12.1. The van der Waals surface area contributed by atoms with Gasteiger partial charge in [-0.15, -0.1) is 0 Å². The van der Waals surface area contributed by atoms with Gasteiger partial charge in [0.25, 0.3) is 0 Å². The summed E-state index contributed by atoms with van der Waals surface area (Å²) in [5, 5.41) is 21.1. The van der Waals surface area contributed by atoms with Crippen molar-refractivity contribution in [1.29, 1.82) is 0 Å². The number of hydrogen-bond acceptors (Lipinski definition) is 8. The lowest BCUT2D eigenvalue weighted by molar-refractivity contribution is -0.161. The van der Waals surface area contributed by atoms with Crippen molar-refractivity contribution in [1.82, 2.24) is 0 Å². The normalized spacial score (nSPS) is 13.8. The molecule has 2 atom stereocenters. The number of benzene rings is 2. The van der Waals surface area contributed by atoms with Crippen LogP contribution in [0.15, 0.2) is 72.8 Å². The summed E-state index contributed by atoms with van der Waals surface area (Å²) in [7, 11) is 0. The topological polar surface area (TPSA) is 119 Å². The summed E-state index contributed by atoms with van der Waals surface area (Å²) in [5.74, 6) is -1.94. The molecule has 0 aliphatic carbocycles. The standard InChI is InChI=1S/C23H24O8/c1-17(24)30-15-23(28,16-31-22(27)19-11-6-3-7-12-19)20(25)13-8-14-29-21(26)18-9-4-2-5-10-18/h2-13,20,25,28H,14-16H2,1H3. The minimum Gasteiger partial charge on any atom is -0.463 e. The zero-order chi connectivity index (χ0) is 22.7. The molecule has 0 radical (unpaired) electrons. The number of aliphatic hydroxyl groups excluding tert-OH is 1. The van der Waals surface area contributed by atoms with Crippen LogP contribution in [0, 0.1) is 0 Å². The predicted octanol–water partition coefficient (Wildman–Crippen LogP) is 1.91. The maximum Gasteiger partial charge on any atom is 0.338 e. The third-order valence-corrected chi connectivity index (χ3v) is 4.18. The van der Waals surface area contributed by atoms with E-state index in [0.29, 0.717) is 5.56 Å². The Morgan fingerprint density at radius 3 is 1.87 bits per heavy atom. The molecule has 0 amide bonds. The van der Waals surface area contributed by atoms with E-state index in [9.17, 15) is 24.6 Å². The highest BCUT2D eigenvalue weighted by Gasteiger charge is 2.37. The maximum absolute atomic E-state index is 12.1. The van der Waals surface area contributed by atoms with E-state index >= 15 is 0 Å². The van der Waals surface area contributed by atoms with Gasteiger partial charge in [-0.25, -0.2) is 9.59 Å². The molecular weight excluding hydrogens is 404 g/mol. The number of aliphatic hydroxyl groups is 2. The Kier molecular flexibility index (Phi) is 8.93. The first-order chi connectivity index (χ1) is 14.8. The summed E-state index contributed by atoms with van der Waals surface area (Å²) in [6.45, 7) is -0.275. The first-order valence-corrected chi connectivity index (χ1v) is 9.46. The molecule has 2 N–H and O–H groups in total. The molecule has 0 aliphatic rings. The van der Waals surface area contributed by atoms with E-state index in [4.69, 9.17) is 14.2 Å². The minimum atomic E-state index is -2.10. The van der Waals surface area contributed by atoms with E-state index in [-0.39, 0.29) is 12.2 Å².